The van der Waals surface area contributed by atoms with Crippen LogP contribution in [-0.4, -0.2) is 63.0 Å². The number of rotatable bonds is 3. The minimum atomic E-state index is -0.101. The van der Waals surface area contributed by atoms with Crippen LogP contribution in [0, 0.1) is 13.8 Å². The molecule has 3 aromatic rings. The molecule has 1 N–H and O–H groups in total. The summed E-state index contributed by atoms with van der Waals surface area (Å²) in [6, 6.07) is 11.2. The predicted octanol–water partition coefficient (Wildman–Crippen LogP) is 2.69. The van der Waals surface area contributed by atoms with Crippen molar-refractivity contribution in [2.24, 2.45) is 0 Å². The van der Waals surface area contributed by atoms with Gasteiger partial charge in [0, 0.05) is 49.7 Å². The van der Waals surface area contributed by atoms with Crippen LogP contribution in [0.5, 0.6) is 0 Å². The van der Waals surface area contributed by atoms with E-state index in [9.17, 15) is 9.59 Å². The maximum absolute atomic E-state index is 12.8. The molecule has 0 spiro atoms. The summed E-state index contributed by atoms with van der Waals surface area (Å²) in [5, 5.41) is 7.07. The number of H-pyrrole nitrogens is 1. The highest BCUT2D eigenvalue weighted by Gasteiger charge is 2.26. The largest absolute Gasteiger partial charge is 0.335 e. The fraction of sp³-hybridized carbons (Fsp3) is 0.273. The molecule has 3 heterocycles. The van der Waals surface area contributed by atoms with E-state index >= 15 is 0 Å². The molecule has 0 saturated carbocycles. The Labute approximate surface area is 169 Å². The molecule has 1 fully saturated rings. The molecule has 7 nitrogen and oxygen atoms in total. The van der Waals surface area contributed by atoms with Gasteiger partial charge in [0.2, 0.25) is 0 Å². The lowest BCUT2D eigenvalue weighted by Crippen LogP contribution is -2.50. The lowest BCUT2D eigenvalue weighted by atomic mass is 10.1. The molecule has 0 radical (unpaired) electrons. The van der Waals surface area contributed by atoms with Crippen molar-refractivity contribution in [3.63, 3.8) is 0 Å². The number of amides is 2. The fourth-order valence-corrected chi connectivity index (χ4v) is 3.44. The number of nitrogens with zero attached hydrogens (tertiary/aromatic N) is 4. The van der Waals surface area contributed by atoms with Crippen molar-refractivity contribution < 1.29 is 9.59 Å². The average molecular weight is 389 g/mol. The van der Waals surface area contributed by atoms with Gasteiger partial charge in [-0.15, -0.1) is 0 Å². The first-order valence-electron chi connectivity index (χ1n) is 9.64. The summed E-state index contributed by atoms with van der Waals surface area (Å²) in [6.45, 7) is 6.07. The molecular formula is C22H23N5O2. The number of hydrogen-bond donors (Lipinski definition) is 1. The Kier molecular flexibility index (Phi) is 5.12. The van der Waals surface area contributed by atoms with E-state index in [1.807, 2.05) is 49.1 Å². The van der Waals surface area contributed by atoms with Gasteiger partial charge in [0.25, 0.3) is 11.8 Å². The van der Waals surface area contributed by atoms with Crippen LogP contribution in [0.25, 0.3) is 11.3 Å². The summed E-state index contributed by atoms with van der Waals surface area (Å²) in [5.41, 5.74) is 5.03. The second-order valence-electron chi connectivity index (χ2n) is 7.29. The third kappa shape index (κ3) is 3.89. The Balaban J connectivity index is 1.39. The van der Waals surface area contributed by atoms with Crippen molar-refractivity contribution in [2.45, 2.75) is 13.8 Å². The van der Waals surface area contributed by atoms with Crippen LogP contribution in [0.1, 0.15) is 32.0 Å². The van der Waals surface area contributed by atoms with E-state index in [4.69, 9.17) is 0 Å². The van der Waals surface area contributed by atoms with Gasteiger partial charge >= 0.3 is 0 Å². The van der Waals surface area contributed by atoms with Crippen LogP contribution in [-0.2, 0) is 0 Å². The molecule has 0 bridgehead atoms. The van der Waals surface area contributed by atoms with Gasteiger partial charge in [-0.2, -0.15) is 5.10 Å². The first kappa shape index (κ1) is 18.9. The summed E-state index contributed by atoms with van der Waals surface area (Å²) in [6.07, 6.45) is 3.38. The number of aryl methyl sites for hydroxylation is 2. The monoisotopic (exact) mass is 389 g/mol. The van der Waals surface area contributed by atoms with Gasteiger partial charge in [0.15, 0.2) is 0 Å². The number of carbonyl (C=O) groups excluding carboxylic acids is 2. The fourth-order valence-electron chi connectivity index (χ4n) is 3.44. The standard InChI is InChI=1S/C22H23N5O2/c1-15-3-4-18(13-16(15)2)21(28)26-9-11-27(12-10-26)22(29)20-14-19(24-25-20)17-5-7-23-8-6-17/h3-8,13-14H,9-12H2,1-2H3,(H,24,25). The second-order valence-corrected chi connectivity index (χ2v) is 7.29. The Morgan fingerprint density at radius 2 is 1.52 bits per heavy atom. The number of hydrogen-bond acceptors (Lipinski definition) is 4. The Morgan fingerprint density at radius 3 is 2.17 bits per heavy atom. The van der Waals surface area contributed by atoms with Crippen LogP contribution < -0.4 is 0 Å². The predicted molar refractivity (Wildman–Crippen MR) is 110 cm³/mol. The molecule has 1 saturated heterocycles. The zero-order valence-electron chi connectivity index (χ0n) is 16.6. The number of carbonyl (C=O) groups is 2. The molecule has 2 amide bonds. The molecule has 0 aliphatic carbocycles. The Bertz CT molecular complexity index is 1040. The minimum absolute atomic E-state index is 0.0155. The van der Waals surface area contributed by atoms with Crippen molar-refractivity contribution in [1.29, 1.82) is 0 Å². The van der Waals surface area contributed by atoms with Crippen LogP contribution >= 0.6 is 0 Å². The summed E-state index contributed by atoms with van der Waals surface area (Å²) in [5.74, 6) is -0.0854. The van der Waals surface area contributed by atoms with Crippen molar-refractivity contribution in [2.75, 3.05) is 26.2 Å². The van der Waals surface area contributed by atoms with E-state index in [0.717, 1.165) is 11.1 Å². The van der Waals surface area contributed by atoms with E-state index in [2.05, 4.69) is 15.2 Å². The van der Waals surface area contributed by atoms with Gasteiger partial charge in [-0.1, -0.05) is 6.07 Å². The van der Waals surface area contributed by atoms with Gasteiger partial charge < -0.3 is 9.80 Å². The molecule has 29 heavy (non-hydrogen) atoms. The first-order valence-corrected chi connectivity index (χ1v) is 9.64. The van der Waals surface area contributed by atoms with Crippen LogP contribution in [0.4, 0.5) is 0 Å². The number of nitrogens with one attached hydrogen (secondary N) is 1. The molecule has 1 aromatic carbocycles. The van der Waals surface area contributed by atoms with Gasteiger partial charge in [0.05, 0.1) is 5.69 Å². The summed E-state index contributed by atoms with van der Waals surface area (Å²) in [4.78, 5) is 33.1. The summed E-state index contributed by atoms with van der Waals surface area (Å²) < 4.78 is 0. The quantitative estimate of drug-likeness (QED) is 0.747. The average Bonchev–Trinajstić information content (AvgIpc) is 3.26. The number of aromatic amines is 1. The zero-order chi connectivity index (χ0) is 20.4. The van der Waals surface area contributed by atoms with Crippen molar-refractivity contribution in [3.05, 3.63) is 71.2 Å². The van der Waals surface area contributed by atoms with Crippen LogP contribution in [0.15, 0.2) is 48.8 Å². The van der Waals surface area contributed by atoms with E-state index < -0.39 is 0 Å². The molecule has 0 atom stereocenters. The molecule has 1 aliphatic rings. The molecule has 4 rings (SSSR count). The van der Waals surface area contributed by atoms with Crippen LogP contribution in [0.3, 0.4) is 0 Å². The maximum atomic E-state index is 12.8. The molecular weight excluding hydrogens is 366 g/mol. The Morgan fingerprint density at radius 1 is 0.862 bits per heavy atom. The van der Waals surface area contributed by atoms with Crippen LogP contribution in [0.2, 0.25) is 0 Å². The number of pyridine rings is 1. The number of piperazine rings is 1. The molecule has 148 valence electrons. The van der Waals surface area contributed by atoms with Gasteiger partial charge in [-0.05, 0) is 55.3 Å². The third-order valence-corrected chi connectivity index (χ3v) is 5.39. The summed E-state index contributed by atoms with van der Waals surface area (Å²) in [7, 11) is 0. The van der Waals surface area contributed by atoms with E-state index in [1.165, 1.54) is 5.56 Å². The van der Waals surface area contributed by atoms with Gasteiger partial charge in [-0.3, -0.25) is 19.7 Å². The highest BCUT2D eigenvalue weighted by molar-refractivity contribution is 5.95. The second kappa shape index (κ2) is 7.87. The van der Waals surface area contributed by atoms with Gasteiger partial charge in [-0.25, -0.2) is 0 Å². The molecule has 0 unspecified atom stereocenters. The van der Waals surface area contributed by atoms with Crippen molar-refractivity contribution in [1.82, 2.24) is 25.0 Å². The number of benzene rings is 1. The normalized spacial score (nSPS) is 14.1. The smallest absolute Gasteiger partial charge is 0.272 e. The first-order chi connectivity index (χ1) is 14.0. The zero-order valence-corrected chi connectivity index (χ0v) is 16.6. The highest BCUT2D eigenvalue weighted by Crippen LogP contribution is 2.18. The van der Waals surface area contributed by atoms with Crippen molar-refractivity contribution in [3.8, 4) is 11.3 Å². The van der Waals surface area contributed by atoms with Gasteiger partial charge in [0.1, 0.15) is 5.69 Å². The molecule has 2 aromatic heterocycles. The lowest BCUT2D eigenvalue weighted by molar-refractivity contribution is 0.0532. The third-order valence-electron chi connectivity index (χ3n) is 5.39. The lowest BCUT2D eigenvalue weighted by Gasteiger charge is -2.34. The highest BCUT2D eigenvalue weighted by atomic mass is 16.2. The Hall–Kier alpha value is -3.48. The van der Waals surface area contributed by atoms with E-state index in [-0.39, 0.29) is 11.8 Å². The number of aromatic nitrogens is 3. The SMILES string of the molecule is Cc1ccc(C(=O)N2CCN(C(=O)c3cc(-c4ccncc4)n[nH]3)CC2)cc1C. The van der Waals surface area contributed by atoms with E-state index in [0.29, 0.717) is 43.1 Å². The molecule has 7 heteroatoms. The summed E-state index contributed by atoms with van der Waals surface area (Å²) >= 11 is 0. The maximum Gasteiger partial charge on any atom is 0.272 e. The van der Waals surface area contributed by atoms with Crippen molar-refractivity contribution >= 4 is 11.8 Å². The topological polar surface area (TPSA) is 82.2 Å². The van der Waals surface area contributed by atoms with E-state index in [1.54, 1.807) is 23.4 Å². The molecule has 1 aliphatic heterocycles. The minimum Gasteiger partial charge on any atom is -0.335 e.